The summed E-state index contributed by atoms with van der Waals surface area (Å²) in [6.45, 7) is 6.31. The SMILES string of the molecule is CCC(C)C(C)Nc1cc(-n2cnnn2)ccc1F. The van der Waals surface area contributed by atoms with Crippen LogP contribution in [0.5, 0.6) is 0 Å². The highest BCUT2D eigenvalue weighted by atomic mass is 19.1. The van der Waals surface area contributed by atoms with Gasteiger partial charge in [0.25, 0.3) is 0 Å². The van der Waals surface area contributed by atoms with E-state index in [1.165, 1.54) is 17.1 Å². The van der Waals surface area contributed by atoms with Gasteiger partial charge in [-0.1, -0.05) is 20.3 Å². The molecule has 6 heteroatoms. The number of hydrogen-bond acceptors (Lipinski definition) is 4. The summed E-state index contributed by atoms with van der Waals surface area (Å²) < 4.78 is 15.3. The minimum atomic E-state index is -0.271. The summed E-state index contributed by atoms with van der Waals surface area (Å²) in [5, 5.41) is 14.1. The number of rotatable bonds is 5. The van der Waals surface area contributed by atoms with E-state index >= 15 is 0 Å². The van der Waals surface area contributed by atoms with Crippen LogP contribution >= 0.6 is 0 Å². The Hall–Kier alpha value is -1.98. The quantitative estimate of drug-likeness (QED) is 0.901. The van der Waals surface area contributed by atoms with Gasteiger partial charge in [-0.25, -0.2) is 9.07 Å². The number of halogens is 1. The van der Waals surface area contributed by atoms with Gasteiger partial charge >= 0.3 is 0 Å². The highest BCUT2D eigenvalue weighted by Gasteiger charge is 2.13. The van der Waals surface area contributed by atoms with Gasteiger partial charge in [-0.2, -0.15) is 0 Å². The first kappa shape index (κ1) is 13.5. The van der Waals surface area contributed by atoms with Crippen molar-refractivity contribution in [2.75, 3.05) is 5.32 Å². The zero-order valence-electron chi connectivity index (χ0n) is 11.3. The van der Waals surface area contributed by atoms with Gasteiger partial charge in [-0.05, 0) is 41.5 Å². The molecule has 2 rings (SSSR count). The van der Waals surface area contributed by atoms with Gasteiger partial charge in [0.05, 0.1) is 11.4 Å². The van der Waals surface area contributed by atoms with Crippen molar-refractivity contribution in [2.24, 2.45) is 5.92 Å². The van der Waals surface area contributed by atoms with E-state index in [1.807, 2.05) is 0 Å². The second kappa shape index (κ2) is 5.77. The lowest BCUT2D eigenvalue weighted by Gasteiger charge is -2.21. The lowest BCUT2D eigenvalue weighted by molar-refractivity contribution is 0.491. The first-order valence-electron chi connectivity index (χ1n) is 6.41. The number of nitrogens with one attached hydrogen (secondary N) is 1. The highest BCUT2D eigenvalue weighted by Crippen LogP contribution is 2.21. The molecule has 0 fully saturated rings. The molecule has 0 bridgehead atoms. The minimum absolute atomic E-state index is 0.198. The topological polar surface area (TPSA) is 55.6 Å². The zero-order chi connectivity index (χ0) is 13.8. The van der Waals surface area contributed by atoms with Crippen molar-refractivity contribution >= 4 is 5.69 Å². The molecule has 0 saturated carbocycles. The Morgan fingerprint density at radius 3 is 2.79 bits per heavy atom. The molecule has 1 heterocycles. The van der Waals surface area contributed by atoms with Gasteiger partial charge in [0, 0.05) is 6.04 Å². The summed E-state index contributed by atoms with van der Waals surface area (Å²) in [6.07, 6.45) is 2.53. The molecular formula is C13H18FN5. The molecule has 19 heavy (non-hydrogen) atoms. The summed E-state index contributed by atoms with van der Waals surface area (Å²) in [4.78, 5) is 0. The lowest BCUT2D eigenvalue weighted by Crippen LogP contribution is -2.23. The predicted molar refractivity (Wildman–Crippen MR) is 71.7 cm³/mol. The van der Waals surface area contributed by atoms with Crippen LogP contribution in [0.15, 0.2) is 24.5 Å². The van der Waals surface area contributed by atoms with Crippen molar-refractivity contribution in [1.82, 2.24) is 20.2 Å². The Morgan fingerprint density at radius 1 is 1.37 bits per heavy atom. The molecule has 1 aromatic carbocycles. The molecule has 2 atom stereocenters. The number of hydrogen-bond donors (Lipinski definition) is 1. The molecule has 2 aromatic rings. The third kappa shape index (κ3) is 3.07. The molecule has 1 N–H and O–H groups in total. The Labute approximate surface area is 111 Å². The van der Waals surface area contributed by atoms with Crippen molar-refractivity contribution in [3.05, 3.63) is 30.3 Å². The molecule has 0 aliphatic rings. The largest absolute Gasteiger partial charge is 0.380 e. The van der Waals surface area contributed by atoms with E-state index in [0.717, 1.165) is 12.1 Å². The third-order valence-electron chi connectivity index (χ3n) is 3.44. The monoisotopic (exact) mass is 263 g/mol. The van der Waals surface area contributed by atoms with Gasteiger partial charge in [0.1, 0.15) is 12.1 Å². The van der Waals surface area contributed by atoms with Gasteiger partial charge < -0.3 is 5.32 Å². The van der Waals surface area contributed by atoms with E-state index in [-0.39, 0.29) is 11.9 Å². The first-order valence-corrected chi connectivity index (χ1v) is 6.41. The molecule has 2 unspecified atom stereocenters. The number of benzene rings is 1. The van der Waals surface area contributed by atoms with Crippen LogP contribution in [0.1, 0.15) is 27.2 Å². The maximum absolute atomic E-state index is 13.8. The number of aromatic nitrogens is 4. The summed E-state index contributed by atoms with van der Waals surface area (Å²) >= 11 is 0. The highest BCUT2D eigenvalue weighted by molar-refractivity contribution is 5.52. The normalized spacial score (nSPS) is 14.1. The van der Waals surface area contributed by atoms with Crippen molar-refractivity contribution in [3.8, 4) is 5.69 Å². The summed E-state index contributed by atoms with van der Waals surface area (Å²) in [5.41, 5.74) is 1.20. The van der Waals surface area contributed by atoms with Gasteiger partial charge in [-0.3, -0.25) is 0 Å². The van der Waals surface area contributed by atoms with Crippen molar-refractivity contribution in [2.45, 2.75) is 33.2 Å². The maximum Gasteiger partial charge on any atom is 0.146 e. The fourth-order valence-corrected chi connectivity index (χ4v) is 1.79. The summed E-state index contributed by atoms with van der Waals surface area (Å²) in [6, 6.07) is 4.97. The standard InChI is InChI=1S/C13H18FN5/c1-4-9(2)10(3)16-13-7-11(5-6-12(13)14)19-8-15-17-18-19/h5-10,16H,4H2,1-3H3. The second-order valence-electron chi connectivity index (χ2n) is 4.74. The van der Waals surface area contributed by atoms with Crippen LogP contribution in [-0.2, 0) is 0 Å². The third-order valence-corrected chi connectivity index (χ3v) is 3.44. The van der Waals surface area contributed by atoms with Crippen LogP contribution in [0.4, 0.5) is 10.1 Å². The average molecular weight is 263 g/mol. The van der Waals surface area contributed by atoms with Crippen LogP contribution < -0.4 is 5.32 Å². The van der Waals surface area contributed by atoms with E-state index in [0.29, 0.717) is 11.6 Å². The first-order chi connectivity index (χ1) is 9.11. The molecule has 0 aliphatic carbocycles. The van der Waals surface area contributed by atoms with Crippen LogP contribution in [0.2, 0.25) is 0 Å². The van der Waals surface area contributed by atoms with Crippen LogP contribution in [0, 0.1) is 11.7 Å². The molecule has 1 aromatic heterocycles. The molecular weight excluding hydrogens is 245 g/mol. The van der Waals surface area contributed by atoms with E-state index in [4.69, 9.17) is 0 Å². The molecule has 5 nitrogen and oxygen atoms in total. The Morgan fingerprint density at radius 2 is 2.16 bits per heavy atom. The number of nitrogens with zero attached hydrogens (tertiary/aromatic N) is 4. The summed E-state index contributed by atoms with van der Waals surface area (Å²) in [5.74, 6) is 0.197. The summed E-state index contributed by atoms with van der Waals surface area (Å²) in [7, 11) is 0. The molecule has 0 radical (unpaired) electrons. The number of anilines is 1. The smallest absolute Gasteiger partial charge is 0.146 e. The van der Waals surface area contributed by atoms with Crippen molar-refractivity contribution in [1.29, 1.82) is 0 Å². The molecule has 0 spiro atoms. The molecule has 0 amide bonds. The fraction of sp³-hybridized carbons (Fsp3) is 0.462. The van der Waals surface area contributed by atoms with Crippen LogP contribution in [-0.4, -0.2) is 26.2 Å². The van der Waals surface area contributed by atoms with Crippen LogP contribution in [0.3, 0.4) is 0 Å². The van der Waals surface area contributed by atoms with E-state index < -0.39 is 0 Å². The van der Waals surface area contributed by atoms with E-state index in [2.05, 4.69) is 41.6 Å². The molecule has 0 aliphatic heterocycles. The minimum Gasteiger partial charge on any atom is -0.380 e. The van der Waals surface area contributed by atoms with Gasteiger partial charge in [-0.15, -0.1) is 5.10 Å². The zero-order valence-corrected chi connectivity index (χ0v) is 11.3. The van der Waals surface area contributed by atoms with Crippen molar-refractivity contribution < 1.29 is 4.39 Å². The van der Waals surface area contributed by atoms with Crippen LogP contribution in [0.25, 0.3) is 5.69 Å². The Kier molecular flexibility index (Phi) is 4.09. The van der Waals surface area contributed by atoms with Gasteiger partial charge in [0.15, 0.2) is 0 Å². The average Bonchev–Trinajstić information content (AvgIpc) is 2.94. The second-order valence-corrected chi connectivity index (χ2v) is 4.74. The van der Waals surface area contributed by atoms with E-state index in [1.54, 1.807) is 12.1 Å². The lowest BCUT2D eigenvalue weighted by atomic mass is 10.0. The Bertz CT molecular complexity index is 526. The number of tetrazole rings is 1. The Balaban J connectivity index is 2.23. The van der Waals surface area contributed by atoms with Gasteiger partial charge in [0.2, 0.25) is 0 Å². The van der Waals surface area contributed by atoms with E-state index in [9.17, 15) is 4.39 Å². The predicted octanol–water partition coefficient (Wildman–Crippen LogP) is 2.65. The fourth-order valence-electron chi connectivity index (χ4n) is 1.79. The molecule has 102 valence electrons. The maximum atomic E-state index is 13.8. The molecule has 0 saturated heterocycles. The van der Waals surface area contributed by atoms with Crippen molar-refractivity contribution in [3.63, 3.8) is 0 Å².